The molecule has 0 saturated heterocycles. The lowest BCUT2D eigenvalue weighted by molar-refractivity contribution is 0.0951. The predicted octanol–water partition coefficient (Wildman–Crippen LogP) is 3.82. The lowest BCUT2D eigenvalue weighted by Gasteiger charge is -2.13. The number of carbonyl (C=O) groups is 1. The number of nitrogens with one attached hydrogen (secondary N) is 1. The summed E-state index contributed by atoms with van der Waals surface area (Å²) >= 11 is 2.18. The van der Waals surface area contributed by atoms with Crippen molar-refractivity contribution in [1.82, 2.24) is 5.32 Å². The molecule has 0 heterocycles. The number of carbonyl (C=O) groups excluding carboxylic acids is 1. The van der Waals surface area contributed by atoms with Crippen LogP contribution in [-0.2, 0) is 0 Å². The van der Waals surface area contributed by atoms with Crippen molar-refractivity contribution < 1.29 is 4.79 Å². The van der Waals surface area contributed by atoms with Gasteiger partial charge in [0.1, 0.15) is 0 Å². The summed E-state index contributed by atoms with van der Waals surface area (Å²) in [6.07, 6.45) is 0. The largest absolute Gasteiger partial charge is 0.351 e. The van der Waals surface area contributed by atoms with Crippen LogP contribution in [0.3, 0.4) is 0 Å². The SMILES string of the molecule is C[C@@H](CNC(=O)c1ccccc1I)c1ccccc1. The van der Waals surface area contributed by atoms with E-state index in [9.17, 15) is 4.79 Å². The molecule has 0 aliphatic carbocycles. The molecule has 2 nitrogen and oxygen atoms in total. The topological polar surface area (TPSA) is 29.1 Å². The molecule has 0 unspecified atom stereocenters. The highest BCUT2D eigenvalue weighted by molar-refractivity contribution is 14.1. The Balaban J connectivity index is 1.96. The molecule has 98 valence electrons. The Morgan fingerprint density at radius 1 is 1.11 bits per heavy atom. The molecular weight excluding hydrogens is 349 g/mol. The van der Waals surface area contributed by atoms with E-state index >= 15 is 0 Å². The van der Waals surface area contributed by atoms with Crippen molar-refractivity contribution in [2.75, 3.05) is 6.54 Å². The summed E-state index contributed by atoms with van der Waals surface area (Å²) in [6.45, 7) is 2.76. The number of hydrogen-bond donors (Lipinski definition) is 1. The van der Waals surface area contributed by atoms with Gasteiger partial charge in [-0.15, -0.1) is 0 Å². The first-order chi connectivity index (χ1) is 9.18. The number of rotatable bonds is 4. The zero-order chi connectivity index (χ0) is 13.7. The molecule has 1 amide bonds. The van der Waals surface area contributed by atoms with Crippen LogP contribution in [0.4, 0.5) is 0 Å². The standard InChI is InChI=1S/C16H16INO/c1-12(13-7-3-2-4-8-13)11-18-16(19)14-9-5-6-10-15(14)17/h2-10,12H,11H2,1H3,(H,18,19)/t12-/m0/s1. The van der Waals surface area contributed by atoms with Crippen LogP contribution in [-0.4, -0.2) is 12.5 Å². The maximum atomic E-state index is 12.1. The summed E-state index contributed by atoms with van der Waals surface area (Å²) in [6, 6.07) is 17.8. The van der Waals surface area contributed by atoms with Gasteiger partial charge in [0.05, 0.1) is 5.56 Å². The number of benzene rings is 2. The van der Waals surface area contributed by atoms with Crippen LogP contribution >= 0.6 is 22.6 Å². The van der Waals surface area contributed by atoms with E-state index in [1.54, 1.807) is 0 Å². The predicted molar refractivity (Wildman–Crippen MR) is 86.3 cm³/mol. The highest BCUT2D eigenvalue weighted by atomic mass is 127. The zero-order valence-corrected chi connectivity index (χ0v) is 12.9. The molecule has 0 bridgehead atoms. The second-order valence-electron chi connectivity index (χ2n) is 4.50. The van der Waals surface area contributed by atoms with Crippen molar-refractivity contribution in [2.24, 2.45) is 0 Å². The van der Waals surface area contributed by atoms with Crippen LogP contribution < -0.4 is 5.32 Å². The van der Waals surface area contributed by atoms with Gasteiger partial charge in [0.2, 0.25) is 0 Å². The lowest BCUT2D eigenvalue weighted by Crippen LogP contribution is -2.28. The van der Waals surface area contributed by atoms with Gasteiger partial charge < -0.3 is 5.32 Å². The zero-order valence-electron chi connectivity index (χ0n) is 10.8. The number of halogens is 1. The van der Waals surface area contributed by atoms with Gasteiger partial charge in [0, 0.05) is 10.1 Å². The Hall–Kier alpha value is -1.36. The molecule has 1 N–H and O–H groups in total. The fourth-order valence-electron chi connectivity index (χ4n) is 1.89. The van der Waals surface area contributed by atoms with Gasteiger partial charge >= 0.3 is 0 Å². The normalized spacial score (nSPS) is 11.9. The third-order valence-electron chi connectivity index (χ3n) is 3.06. The fraction of sp³-hybridized carbons (Fsp3) is 0.188. The van der Waals surface area contributed by atoms with Crippen LogP contribution in [0.2, 0.25) is 0 Å². The molecule has 3 heteroatoms. The molecular formula is C16H16INO. The summed E-state index contributed by atoms with van der Waals surface area (Å²) in [5.41, 5.74) is 1.98. The number of amides is 1. The highest BCUT2D eigenvalue weighted by Gasteiger charge is 2.11. The third kappa shape index (κ3) is 3.80. The van der Waals surface area contributed by atoms with Gasteiger partial charge in [-0.2, -0.15) is 0 Å². The maximum absolute atomic E-state index is 12.1. The average Bonchev–Trinajstić information content (AvgIpc) is 2.46. The van der Waals surface area contributed by atoms with E-state index in [1.807, 2.05) is 42.5 Å². The molecule has 19 heavy (non-hydrogen) atoms. The molecule has 0 aliphatic rings. The maximum Gasteiger partial charge on any atom is 0.252 e. The molecule has 0 saturated carbocycles. The minimum atomic E-state index is -0.00668. The monoisotopic (exact) mass is 365 g/mol. The first-order valence-corrected chi connectivity index (χ1v) is 7.34. The van der Waals surface area contributed by atoms with E-state index in [0.29, 0.717) is 12.5 Å². The van der Waals surface area contributed by atoms with Crippen molar-refractivity contribution >= 4 is 28.5 Å². The number of hydrogen-bond acceptors (Lipinski definition) is 1. The van der Waals surface area contributed by atoms with Gasteiger partial charge in [-0.1, -0.05) is 49.4 Å². The minimum Gasteiger partial charge on any atom is -0.351 e. The summed E-state index contributed by atoms with van der Waals surface area (Å²) < 4.78 is 0.977. The van der Waals surface area contributed by atoms with E-state index in [1.165, 1.54) is 5.56 Å². The Labute approximate surface area is 127 Å². The summed E-state index contributed by atoms with van der Waals surface area (Å²) in [5.74, 6) is 0.305. The van der Waals surface area contributed by atoms with E-state index in [2.05, 4.69) is 47.0 Å². The molecule has 2 aromatic rings. The first-order valence-electron chi connectivity index (χ1n) is 6.26. The molecule has 1 atom stereocenters. The minimum absolute atomic E-state index is 0.00668. The highest BCUT2D eigenvalue weighted by Crippen LogP contribution is 2.14. The van der Waals surface area contributed by atoms with Crippen LogP contribution in [0, 0.1) is 3.57 Å². The van der Waals surface area contributed by atoms with E-state index in [-0.39, 0.29) is 5.91 Å². The average molecular weight is 365 g/mol. The van der Waals surface area contributed by atoms with Crippen molar-refractivity contribution in [3.63, 3.8) is 0 Å². The Morgan fingerprint density at radius 3 is 2.42 bits per heavy atom. The molecule has 0 aromatic heterocycles. The van der Waals surface area contributed by atoms with Gasteiger partial charge in [-0.25, -0.2) is 0 Å². The Kier molecular flexibility index (Phi) is 4.96. The van der Waals surface area contributed by atoms with Crippen LogP contribution in [0.25, 0.3) is 0 Å². The van der Waals surface area contributed by atoms with Gasteiger partial charge in [0.25, 0.3) is 5.91 Å². The first kappa shape index (κ1) is 14.1. The van der Waals surface area contributed by atoms with Gasteiger partial charge in [0.15, 0.2) is 0 Å². The quantitative estimate of drug-likeness (QED) is 0.820. The molecule has 0 radical (unpaired) electrons. The molecule has 0 fully saturated rings. The summed E-state index contributed by atoms with van der Waals surface area (Å²) in [7, 11) is 0. The lowest BCUT2D eigenvalue weighted by atomic mass is 10.0. The van der Waals surface area contributed by atoms with Crippen LogP contribution in [0.1, 0.15) is 28.8 Å². The van der Waals surface area contributed by atoms with E-state index in [4.69, 9.17) is 0 Å². The smallest absolute Gasteiger partial charge is 0.252 e. The summed E-state index contributed by atoms with van der Waals surface area (Å²) in [5, 5.41) is 2.99. The Morgan fingerprint density at radius 2 is 1.74 bits per heavy atom. The van der Waals surface area contributed by atoms with Crippen molar-refractivity contribution in [3.8, 4) is 0 Å². The third-order valence-corrected chi connectivity index (χ3v) is 4.00. The fourth-order valence-corrected chi connectivity index (χ4v) is 2.52. The van der Waals surface area contributed by atoms with E-state index in [0.717, 1.165) is 9.13 Å². The van der Waals surface area contributed by atoms with Crippen LogP contribution in [0.5, 0.6) is 0 Å². The molecule has 2 rings (SSSR count). The molecule has 0 aliphatic heterocycles. The molecule has 0 spiro atoms. The van der Waals surface area contributed by atoms with Crippen molar-refractivity contribution in [1.29, 1.82) is 0 Å². The second-order valence-corrected chi connectivity index (χ2v) is 5.66. The second kappa shape index (κ2) is 6.70. The van der Waals surface area contributed by atoms with Gasteiger partial charge in [-0.05, 0) is 46.2 Å². The van der Waals surface area contributed by atoms with Crippen molar-refractivity contribution in [3.05, 3.63) is 69.3 Å². The van der Waals surface area contributed by atoms with Gasteiger partial charge in [-0.3, -0.25) is 4.79 Å². The Bertz CT molecular complexity index is 554. The van der Waals surface area contributed by atoms with E-state index < -0.39 is 0 Å². The van der Waals surface area contributed by atoms with Crippen LogP contribution in [0.15, 0.2) is 54.6 Å². The van der Waals surface area contributed by atoms with Crippen molar-refractivity contribution in [2.45, 2.75) is 12.8 Å². The summed E-state index contributed by atoms with van der Waals surface area (Å²) in [4.78, 5) is 12.1. The molecule has 2 aromatic carbocycles.